The van der Waals surface area contributed by atoms with E-state index in [4.69, 9.17) is 11.6 Å². The predicted octanol–water partition coefficient (Wildman–Crippen LogP) is 1.74. The number of hydrogen-bond donors (Lipinski definition) is 0. The van der Waals surface area contributed by atoms with Crippen LogP contribution >= 0.6 is 11.6 Å². The zero-order chi connectivity index (χ0) is 15.4. The molecule has 2 fully saturated rings. The number of likely N-dealkylation sites (N-methyl/N-ethyl adjacent to an activating group) is 1. The van der Waals surface area contributed by atoms with Gasteiger partial charge in [0, 0.05) is 25.4 Å². The summed E-state index contributed by atoms with van der Waals surface area (Å²) in [6.07, 6.45) is 5.97. The maximum Gasteiger partial charge on any atom is 0.332 e. The quantitative estimate of drug-likeness (QED) is 0.638. The number of amides is 3. The van der Waals surface area contributed by atoms with Crippen molar-refractivity contribution in [2.24, 2.45) is 0 Å². The van der Waals surface area contributed by atoms with Crippen LogP contribution in [0.1, 0.15) is 30.1 Å². The number of imidazole rings is 1. The molecule has 3 heterocycles. The van der Waals surface area contributed by atoms with E-state index in [1.807, 2.05) is 16.8 Å². The van der Waals surface area contributed by atoms with Gasteiger partial charge in [-0.15, -0.1) is 11.6 Å². The molecule has 2 aromatic heterocycles. The van der Waals surface area contributed by atoms with E-state index in [0.717, 1.165) is 23.4 Å². The van der Waals surface area contributed by atoms with Crippen molar-refractivity contribution in [3.63, 3.8) is 0 Å². The maximum absolute atomic E-state index is 12.3. The topological polar surface area (TPSA) is 70.8 Å². The number of rotatable bonds is 3. The number of hydrogen-bond acceptors (Lipinski definition) is 4. The summed E-state index contributed by atoms with van der Waals surface area (Å²) in [4.78, 5) is 35.6. The van der Waals surface area contributed by atoms with Gasteiger partial charge >= 0.3 is 6.03 Å². The summed E-state index contributed by atoms with van der Waals surface area (Å²) >= 11 is 5.86. The maximum atomic E-state index is 12.3. The molecule has 114 valence electrons. The Morgan fingerprint density at radius 2 is 2.05 bits per heavy atom. The molecule has 22 heavy (non-hydrogen) atoms. The van der Waals surface area contributed by atoms with Crippen LogP contribution in [0.25, 0.3) is 5.65 Å². The first kappa shape index (κ1) is 13.5. The van der Waals surface area contributed by atoms with Crippen molar-refractivity contribution in [2.75, 3.05) is 18.5 Å². The van der Waals surface area contributed by atoms with Gasteiger partial charge in [-0.25, -0.2) is 14.8 Å². The third-order valence-electron chi connectivity index (χ3n) is 4.06. The fourth-order valence-electron chi connectivity index (χ4n) is 2.64. The average Bonchev–Trinajstić information content (AvgIpc) is 3.23. The number of urea groups is 1. The lowest BCUT2D eigenvalue weighted by atomic mass is 10.3. The molecule has 0 N–H and O–H groups in total. The van der Waals surface area contributed by atoms with Crippen LogP contribution in [0.4, 0.5) is 10.6 Å². The summed E-state index contributed by atoms with van der Waals surface area (Å²) in [7, 11) is 1.47. The molecule has 1 saturated heterocycles. The standard InChI is InChI=1S/C14H14ClN5O2/c1-18-11(21)7-20(14(18)22)13-12-16-9(4-15)5-19(12)6-10(17-13)8-2-3-8/h5-6,8H,2-4,7H2,1H3. The molecule has 1 aliphatic carbocycles. The van der Waals surface area contributed by atoms with E-state index in [1.165, 1.54) is 11.9 Å². The van der Waals surface area contributed by atoms with E-state index < -0.39 is 0 Å². The number of aromatic nitrogens is 3. The zero-order valence-corrected chi connectivity index (χ0v) is 12.7. The highest BCUT2D eigenvalue weighted by Crippen LogP contribution is 2.40. The van der Waals surface area contributed by atoms with Crippen molar-refractivity contribution in [2.45, 2.75) is 24.6 Å². The number of halogens is 1. The van der Waals surface area contributed by atoms with Gasteiger partial charge in [-0.3, -0.25) is 14.6 Å². The summed E-state index contributed by atoms with van der Waals surface area (Å²) < 4.78 is 1.85. The van der Waals surface area contributed by atoms with Crippen LogP contribution in [0.2, 0.25) is 0 Å². The van der Waals surface area contributed by atoms with E-state index >= 15 is 0 Å². The molecular weight excluding hydrogens is 306 g/mol. The number of carbonyl (C=O) groups excluding carboxylic acids is 2. The number of fused-ring (bicyclic) bond motifs is 1. The highest BCUT2D eigenvalue weighted by molar-refractivity contribution is 6.17. The molecule has 4 rings (SSSR count). The van der Waals surface area contributed by atoms with Gasteiger partial charge in [0.15, 0.2) is 11.5 Å². The summed E-state index contributed by atoms with van der Waals surface area (Å²) in [5, 5.41) is 0. The molecular formula is C14H14ClN5O2. The van der Waals surface area contributed by atoms with Gasteiger partial charge in [0.05, 0.1) is 17.3 Å². The molecule has 7 nitrogen and oxygen atoms in total. The average molecular weight is 320 g/mol. The number of nitrogens with zero attached hydrogens (tertiary/aromatic N) is 5. The van der Waals surface area contributed by atoms with Crippen LogP contribution in [0.15, 0.2) is 12.4 Å². The molecule has 0 spiro atoms. The van der Waals surface area contributed by atoms with Crippen LogP contribution in [0.3, 0.4) is 0 Å². The lowest BCUT2D eigenvalue weighted by Crippen LogP contribution is -2.31. The summed E-state index contributed by atoms with van der Waals surface area (Å²) in [5.41, 5.74) is 2.19. The number of imide groups is 1. The van der Waals surface area contributed by atoms with E-state index in [0.29, 0.717) is 23.1 Å². The monoisotopic (exact) mass is 319 g/mol. The van der Waals surface area contributed by atoms with Crippen LogP contribution in [-0.2, 0) is 10.7 Å². The second kappa shape index (κ2) is 4.67. The number of alkyl halides is 1. The molecule has 2 aromatic rings. The van der Waals surface area contributed by atoms with Crippen LogP contribution in [0, 0.1) is 0 Å². The Labute approximate surface area is 131 Å². The van der Waals surface area contributed by atoms with Crippen molar-refractivity contribution in [3.8, 4) is 0 Å². The van der Waals surface area contributed by atoms with E-state index in [2.05, 4.69) is 9.97 Å². The highest BCUT2D eigenvalue weighted by Gasteiger charge is 2.37. The Balaban J connectivity index is 1.89. The van der Waals surface area contributed by atoms with Gasteiger partial charge in [-0.1, -0.05) is 0 Å². The van der Waals surface area contributed by atoms with Gasteiger partial charge in [-0.2, -0.15) is 0 Å². The van der Waals surface area contributed by atoms with E-state index in [1.54, 1.807) is 0 Å². The first-order valence-electron chi connectivity index (χ1n) is 7.11. The fraction of sp³-hybridized carbons (Fsp3) is 0.429. The molecule has 0 atom stereocenters. The van der Waals surface area contributed by atoms with Gasteiger partial charge in [0.25, 0.3) is 5.91 Å². The molecule has 0 bridgehead atoms. The van der Waals surface area contributed by atoms with Crippen molar-refractivity contribution in [3.05, 3.63) is 23.8 Å². The smallest absolute Gasteiger partial charge is 0.302 e. The summed E-state index contributed by atoms with van der Waals surface area (Å²) in [6.45, 7) is -0.00478. The Morgan fingerprint density at radius 1 is 1.27 bits per heavy atom. The van der Waals surface area contributed by atoms with Crippen molar-refractivity contribution < 1.29 is 9.59 Å². The molecule has 0 unspecified atom stereocenters. The molecule has 1 aliphatic heterocycles. The lowest BCUT2D eigenvalue weighted by molar-refractivity contribution is -0.123. The minimum absolute atomic E-state index is 0.00478. The first-order chi connectivity index (χ1) is 10.6. The fourth-order valence-corrected chi connectivity index (χ4v) is 2.76. The number of carbonyl (C=O) groups is 2. The van der Waals surface area contributed by atoms with Crippen LogP contribution < -0.4 is 4.90 Å². The molecule has 1 saturated carbocycles. The normalized spacial score (nSPS) is 18.8. The third-order valence-corrected chi connectivity index (χ3v) is 4.34. The Hall–Kier alpha value is -2.15. The highest BCUT2D eigenvalue weighted by atomic mass is 35.5. The largest absolute Gasteiger partial charge is 0.332 e. The van der Waals surface area contributed by atoms with Crippen molar-refractivity contribution >= 4 is 35.0 Å². The minimum Gasteiger partial charge on any atom is -0.302 e. The Kier molecular flexibility index (Phi) is 2.87. The Morgan fingerprint density at radius 3 is 2.64 bits per heavy atom. The third kappa shape index (κ3) is 1.96. The van der Waals surface area contributed by atoms with Crippen LogP contribution in [0.5, 0.6) is 0 Å². The van der Waals surface area contributed by atoms with E-state index in [9.17, 15) is 9.59 Å². The Bertz CT molecular complexity index is 798. The van der Waals surface area contributed by atoms with Crippen molar-refractivity contribution in [1.82, 2.24) is 19.3 Å². The molecule has 3 amide bonds. The lowest BCUT2D eigenvalue weighted by Gasteiger charge is -2.15. The second-order valence-corrected chi connectivity index (χ2v) is 5.95. The van der Waals surface area contributed by atoms with E-state index in [-0.39, 0.29) is 24.4 Å². The van der Waals surface area contributed by atoms with Crippen LogP contribution in [-0.4, -0.2) is 44.8 Å². The van der Waals surface area contributed by atoms with Gasteiger partial charge in [0.1, 0.15) is 6.54 Å². The number of anilines is 1. The molecule has 8 heteroatoms. The summed E-state index contributed by atoms with van der Waals surface area (Å²) in [5.74, 6) is 0.901. The van der Waals surface area contributed by atoms with Gasteiger partial charge < -0.3 is 4.40 Å². The minimum atomic E-state index is -0.372. The van der Waals surface area contributed by atoms with Gasteiger partial charge in [0.2, 0.25) is 0 Å². The second-order valence-electron chi connectivity index (χ2n) is 5.68. The molecule has 0 aromatic carbocycles. The van der Waals surface area contributed by atoms with Gasteiger partial charge in [-0.05, 0) is 12.8 Å². The molecule has 2 aliphatic rings. The predicted molar refractivity (Wildman–Crippen MR) is 80.0 cm³/mol. The summed E-state index contributed by atoms with van der Waals surface area (Å²) in [6, 6.07) is -0.372. The SMILES string of the molecule is CN1C(=O)CN(c2nc(C3CC3)cn3cc(CCl)nc23)C1=O. The zero-order valence-electron chi connectivity index (χ0n) is 12.0. The first-order valence-corrected chi connectivity index (χ1v) is 7.64. The molecule has 0 radical (unpaired) electrons. The van der Waals surface area contributed by atoms with Crippen molar-refractivity contribution in [1.29, 1.82) is 0 Å².